The van der Waals surface area contributed by atoms with Gasteiger partial charge < -0.3 is 19.9 Å². The minimum absolute atomic E-state index is 0.537. The Labute approximate surface area is 141 Å². The summed E-state index contributed by atoms with van der Waals surface area (Å²) in [5, 5.41) is 13.9. The van der Waals surface area contributed by atoms with Crippen LogP contribution < -0.4 is 14.8 Å². The van der Waals surface area contributed by atoms with Gasteiger partial charge in [-0.25, -0.2) is 0 Å². The van der Waals surface area contributed by atoms with E-state index in [9.17, 15) is 5.11 Å². The van der Waals surface area contributed by atoms with Crippen molar-refractivity contribution in [3.8, 4) is 11.5 Å². The normalized spacial score (nSPS) is 17.3. The second-order valence-corrected chi connectivity index (χ2v) is 6.78. The average Bonchev–Trinajstić information content (AvgIpc) is 2.48. The van der Waals surface area contributed by atoms with Crippen LogP contribution in [-0.4, -0.2) is 31.0 Å². The van der Waals surface area contributed by atoms with Gasteiger partial charge in [-0.1, -0.05) is 19.3 Å². The highest BCUT2D eigenvalue weighted by atomic mass is 79.9. The smallest absolute Gasteiger partial charge is 0.174 e. The van der Waals surface area contributed by atoms with E-state index in [0.29, 0.717) is 19.7 Å². The Morgan fingerprint density at radius 2 is 2.00 bits per heavy atom. The molecule has 0 unspecified atom stereocenters. The Kier molecular flexibility index (Phi) is 6.53. The van der Waals surface area contributed by atoms with Gasteiger partial charge in [-0.2, -0.15) is 0 Å². The predicted molar refractivity (Wildman–Crippen MR) is 91.6 cm³/mol. The number of benzene rings is 1. The molecule has 0 bridgehead atoms. The SMILES string of the molecule is CCOc1cc(CNCC2(O)CCCCC2)cc(Br)c1OC. The molecular weight excluding hydrogens is 346 g/mol. The van der Waals surface area contributed by atoms with Gasteiger partial charge in [-0.15, -0.1) is 0 Å². The lowest BCUT2D eigenvalue weighted by atomic mass is 9.85. The molecule has 4 nitrogen and oxygen atoms in total. The summed E-state index contributed by atoms with van der Waals surface area (Å²) in [5.74, 6) is 1.46. The minimum Gasteiger partial charge on any atom is -0.492 e. The number of hydrogen-bond donors (Lipinski definition) is 2. The molecule has 0 aliphatic heterocycles. The molecule has 5 heteroatoms. The molecular formula is C17H26BrNO3. The van der Waals surface area contributed by atoms with Gasteiger partial charge in [0, 0.05) is 13.1 Å². The maximum Gasteiger partial charge on any atom is 0.174 e. The van der Waals surface area contributed by atoms with Gasteiger partial charge in [0.05, 0.1) is 23.8 Å². The molecule has 0 aromatic heterocycles. The van der Waals surface area contributed by atoms with Crippen molar-refractivity contribution >= 4 is 15.9 Å². The molecule has 2 rings (SSSR count). The Hall–Kier alpha value is -0.780. The Bertz CT molecular complexity index is 487. The van der Waals surface area contributed by atoms with Crippen LogP contribution in [0.15, 0.2) is 16.6 Å². The summed E-state index contributed by atoms with van der Waals surface area (Å²) < 4.78 is 11.9. The van der Waals surface area contributed by atoms with Crippen LogP contribution in [0.1, 0.15) is 44.6 Å². The fourth-order valence-corrected chi connectivity index (χ4v) is 3.66. The maximum absolute atomic E-state index is 10.5. The van der Waals surface area contributed by atoms with Crippen molar-refractivity contribution in [1.29, 1.82) is 0 Å². The zero-order valence-corrected chi connectivity index (χ0v) is 15.0. The van der Waals surface area contributed by atoms with Crippen LogP contribution in [0.3, 0.4) is 0 Å². The molecule has 0 amide bonds. The molecule has 1 aliphatic carbocycles. The first-order valence-corrected chi connectivity index (χ1v) is 8.79. The molecule has 22 heavy (non-hydrogen) atoms. The first-order chi connectivity index (χ1) is 10.6. The second kappa shape index (κ2) is 8.18. The maximum atomic E-state index is 10.5. The molecule has 1 saturated carbocycles. The summed E-state index contributed by atoms with van der Waals surface area (Å²) in [6.07, 6.45) is 5.29. The molecule has 2 N–H and O–H groups in total. The van der Waals surface area contributed by atoms with Crippen molar-refractivity contribution in [2.24, 2.45) is 0 Å². The quantitative estimate of drug-likeness (QED) is 0.767. The van der Waals surface area contributed by atoms with E-state index in [-0.39, 0.29) is 0 Å². The van der Waals surface area contributed by atoms with Crippen molar-refractivity contribution in [2.75, 3.05) is 20.3 Å². The van der Waals surface area contributed by atoms with Gasteiger partial charge in [0.1, 0.15) is 0 Å². The number of nitrogens with one attached hydrogen (secondary N) is 1. The zero-order chi connectivity index (χ0) is 16.0. The number of hydrogen-bond acceptors (Lipinski definition) is 4. The van der Waals surface area contributed by atoms with Gasteiger partial charge in [-0.05, 0) is 53.4 Å². The minimum atomic E-state index is -0.537. The van der Waals surface area contributed by atoms with Crippen LogP contribution >= 0.6 is 15.9 Å². The molecule has 1 aromatic rings. The lowest BCUT2D eigenvalue weighted by molar-refractivity contribution is 0.00467. The fourth-order valence-electron chi connectivity index (χ4n) is 3.01. The summed E-state index contributed by atoms with van der Waals surface area (Å²) in [6, 6.07) is 4.02. The van der Waals surface area contributed by atoms with Gasteiger partial charge in [0.15, 0.2) is 11.5 Å². The number of methoxy groups -OCH3 is 1. The summed E-state index contributed by atoms with van der Waals surface area (Å²) in [6.45, 7) is 3.89. The first-order valence-electron chi connectivity index (χ1n) is 8.00. The highest BCUT2D eigenvalue weighted by Gasteiger charge is 2.28. The lowest BCUT2D eigenvalue weighted by Gasteiger charge is -2.32. The number of halogens is 1. The molecule has 0 heterocycles. The third-order valence-corrected chi connectivity index (χ3v) is 4.73. The summed E-state index contributed by atoms with van der Waals surface area (Å²) >= 11 is 3.53. The number of aliphatic hydroxyl groups is 1. The van der Waals surface area contributed by atoms with Crippen LogP contribution in [-0.2, 0) is 6.54 Å². The van der Waals surface area contributed by atoms with E-state index >= 15 is 0 Å². The van der Waals surface area contributed by atoms with E-state index in [1.165, 1.54) is 6.42 Å². The zero-order valence-electron chi connectivity index (χ0n) is 13.5. The summed E-state index contributed by atoms with van der Waals surface area (Å²) in [7, 11) is 1.64. The van der Waals surface area contributed by atoms with Crippen molar-refractivity contribution in [2.45, 2.75) is 51.2 Å². The molecule has 0 saturated heterocycles. The predicted octanol–water partition coefficient (Wildman–Crippen LogP) is 3.64. The number of ether oxygens (including phenoxy) is 2. The molecule has 0 atom stereocenters. The van der Waals surface area contributed by atoms with Gasteiger partial charge >= 0.3 is 0 Å². The summed E-state index contributed by atoms with van der Waals surface area (Å²) in [4.78, 5) is 0. The van der Waals surface area contributed by atoms with Crippen molar-refractivity contribution in [3.63, 3.8) is 0 Å². The van der Waals surface area contributed by atoms with Gasteiger partial charge in [0.2, 0.25) is 0 Å². The fraction of sp³-hybridized carbons (Fsp3) is 0.647. The topological polar surface area (TPSA) is 50.7 Å². The van der Waals surface area contributed by atoms with E-state index in [0.717, 1.165) is 47.2 Å². The van der Waals surface area contributed by atoms with E-state index in [1.807, 2.05) is 19.1 Å². The van der Waals surface area contributed by atoms with Crippen LogP contribution in [0, 0.1) is 0 Å². The highest BCUT2D eigenvalue weighted by Crippen LogP contribution is 2.36. The Balaban J connectivity index is 1.97. The van der Waals surface area contributed by atoms with Crippen molar-refractivity contribution in [1.82, 2.24) is 5.32 Å². The standard InChI is InChI=1S/C17H26BrNO3/c1-3-22-15-10-13(9-14(18)16(15)21-2)11-19-12-17(20)7-5-4-6-8-17/h9-10,19-20H,3-8,11-12H2,1-2H3. The molecule has 1 aromatic carbocycles. The van der Waals surface area contributed by atoms with Crippen LogP contribution in [0.25, 0.3) is 0 Å². The van der Waals surface area contributed by atoms with Gasteiger partial charge in [-0.3, -0.25) is 0 Å². The third-order valence-electron chi connectivity index (χ3n) is 4.14. The van der Waals surface area contributed by atoms with E-state index in [2.05, 4.69) is 21.2 Å². The van der Waals surface area contributed by atoms with Crippen molar-refractivity contribution in [3.05, 3.63) is 22.2 Å². The largest absolute Gasteiger partial charge is 0.492 e. The Morgan fingerprint density at radius 1 is 1.27 bits per heavy atom. The van der Waals surface area contributed by atoms with Crippen LogP contribution in [0.4, 0.5) is 0 Å². The lowest BCUT2D eigenvalue weighted by Crippen LogP contribution is -2.41. The van der Waals surface area contributed by atoms with E-state index in [4.69, 9.17) is 9.47 Å². The monoisotopic (exact) mass is 371 g/mol. The van der Waals surface area contributed by atoms with Gasteiger partial charge in [0.25, 0.3) is 0 Å². The molecule has 1 fully saturated rings. The molecule has 0 radical (unpaired) electrons. The van der Waals surface area contributed by atoms with Crippen molar-refractivity contribution < 1.29 is 14.6 Å². The highest BCUT2D eigenvalue weighted by molar-refractivity contribution is 9.10. The van der Waals surface area contributed by atoms with Crippen LogP contribution in [0.2, 0.25) is 0 Å². The van der Waals surface area contributed by atoms with Crippen LogP contribution in [0.5, 0.6) is 11.5 Å². The first kappa shape index (κ1) is 17.6. The molecule has 0 spiro atoms. The number of rotatable bonds is 7. The summed E-state index contributed by atoms with van der Waals surface area (Å²) in [5.41, 5.74) is 0.570. The Morgan fingerprint density at radius 3 is 2.64 bits per heavy atom. The molecule has 124 valence electrons. The second-order valence-electron chi connectivity index (χ2n) is 5.93. The van der Waals surface area contributed by atoms with E-state index < -0.39 is 5.60 Å². The third kappa shape index (κ3) is 4.61. The van der Waals surface area contributed by atoms with E-state index in [1.54, 1.807) is 7.11 Å². The molecule has 1 aliphatic rings. The average molecular weight is 372 g/mol.